The number of benzene rings is 2. The van der Waals surface area contributed by atoms with Crippen molar-refractivity contribution in [3.63, 3.8) is 0 Å². The van der Waals surface area contributed by atoms with E-state index in [1.807, 2.05) is 27.8 Å². The van der Waals surface area contributed by atoms with Gasteiger partial charge in [0.25, 0.3) is 0 Å². The summed E-state index contributed by atoms with van der Waals surface area (Å²) in [6.45, 7) is 5.56. The molecule has 1 N–H and O–H groups in total. The Morgan fingerprint density at radius 3 is 2.16 bits per heavy atom. The van der Waals surface area contributed by atoms with Crippen LogP contribution >= 0.6 is 0 Å². The van der Waals surface area contributed by atoms with Gasteiger partial charge in [0.1, 0.15) is 17.1 Å². The van der Waals surface area contributed by atoms with E-state index in [4.69, 9.17) is 14.7 Å². The van der Waals surface area contributed by atoms with E-state index in [0.717, 1.165) is 31.2 Å². The van der Waals surface area contributed by atoms with Gasteiger partial charge in [0.2, 0.25) is 0 Å². The second kappa shape index (κ2) is 10.3. The Labute approximate surface area is 216 Å². The van der Waals surface area contributed by atoms with Crippen LogP contribution in [-0.4, -0.2) is 63.8 Å². The molecule has 37 heavy (non-hydrogen) atoms. The highest BCUT2D eigenvalue weighted by molar-refractivity contribution is 5.93. The second-order valence-corrected chi connectivity index (χ2v) is 10.6. The summed E-state index contributed by atoms with van der Waals surface area (Å²) in [6, 6.07) is 11.0. The fourth-order valence-electron chi connectivity index (χ4n) is 4.71. The second-order valence-electron chi connectivity index (χ2n) is 10.6. The standard InChI is InChI=1S/C28H33FN4O4/c1-28(2,3)37-27(36)33(5)21-13-11-20(12-14-21)32(4)25-24(17-6-9-19(29)10-7-17)30-22-15-8-18(26(34)35)16-23(22)31-25/h6-10,15-16,20-21H,11-14H2,1-5H3,(H,34,35). The fourth-order valence-corrected chi connectivity index (χ4v) is 4.71. The minimum absolute atomic E-state index is 0.0804. The number of carboxylic acids is 1. The van der Waals surface area contributed by atoms with Crippen LogP contribution in [0.5, 0.6) is 0 Å². The van der Waals surface area contributed by atoms with Crippen LogP contribution in [0.3, 0.4) is 0 Å². The Bertz CT molecular complexity index is 1300. The SMILES string of the molecule is CN(C(=O)OC(C)(C)C)C1CCC(N(C)c2nc3cc(C(=O)O)ccc3nc2-c2ccc(F)cc2)CC1. The molecule has 0 saturated heterocycles. The summed E-state index contributed by atoms with van der Waals surface area (Å²) in [6.07, 6.45) is 2.94. The zero-order valence-electron chi connectivity index (χ0n) is 21.9. The van der Waals surface area contributed by atoms with Gasteiger partial charge in [-0.05, 0) is 88.9 Å². The lowest BCUT2D eigenvalue weighted by Crippen LogP contribution is -2.45. The summed E-state index contributed by atoms with van der Waals surface area (Å²) < 4.78 is 19.2. The number of ether oxygens (including phenoxy) is 1. The molecule has 3 aromatic rings. The van der Waals surface area contributed by atoms with E-state index in [-0.39, 0.29) is 29.6 Å². The van der Waals surface area contributed by atoms with Crippen LogP contribution in [-0.2, 0) is 4.74 Å². The third-order valence-electron chi connectivity index (χ3n) is 6.79. The van der Waals surface area contributed by atoms with Crippen LogP contribution in [0, 0.1) is 5.82 Å². The van der Waals surface area contributed by atoms with Gasteiger partial charge in [0.15, 0.2) is 5.82 Å². The summed E-state index contributed by atoms with van der Waals surface area (Å²) in [5, 5.41) is 9.43. The molecular formula is C28H33FN4O4. The van der Waals surface area contributed by atoms with Gasteiger partial charge in [-0.3, -0.25) is 0 Å². The number of halogens is 1. The number of aromatic nitrogens is 2. The summed E-state index contributed by atoms with van der Waals surface area (Å²) >= 11 is 0. The minimum Gasteiger partial charge on any atom is -0.478 e. The number of hydrogen-bond acceptors (Lipinski definition) is 6. The molecule has 4 rings (SSSR count). The molecule has 196 valence electrons. The van der Waals surface area contributed by atoms with Gasteiger partial charge in [-0.2, -0.15) is 0 Å². The highest BCUT2D eigenvalue weighted by Gasteiger charge is 2.32. The van der Waals surface area contributed by atoms with Gasteiger partial charge in [-0.15, -0.1) is 0 Å². The Morgan fingerprint density at radius 2 is 1.57 bits per heavy atom. The number of carbonyl (C=O) groups is 2. The molecule has 0 atom stereocenters. The van der Waals surface area contributed by atoms with E-state index in [9.17, 15) is 19.1 Å². The van der Waals surface area contributed by atoms with Crippen molar-refractivity contribution in [2.75, 3.05) is 19.0 Å². The van der Waals surface area contributed by atoms with E-state index >= 15 is 0 Å². The summed E-state index contributed by atoms with van der Waals surface area (Å²) in [5.74, 6) is -0.773. The quantitative estimate of drug-likeness (QED) is 0.469. The fraction of sp³-hybridized carbons (Fsp3) is 0.429. The maximum absolute atomic E-state index is 13.6. The predicted molar refractivity (Wildman–Crippen MR) is 140 cm³/mol. The number of hydrogen-bond donors (Lipinski definition) is 1. The van der Waals surface area contributed by atoms with Crippen molar-refractivity contribution in [1.82, 2.24) is 14.9 Å². The van der Waals surface area contributed by atoms with Gasteiger partial charge in [0, 0.05) is 31.7 Å². The zero-order valence-corrected chi connectivity index (χ0v) is 21.9. The van der Waals surface area contributed by atoms with Crippen LogP contribution in [0.2, 0.25) is 0 Å². The normalized spacial score (nSPS) is 17.9. The van der Waals surface area contributed by atoms with E-state index < -0.39 is 11.6 Å². The maximum Gasteiger partial charge on any atom is 0.410 e. The molecule has 0 aliphatic heterocycles. The molecule has 0 spiro atoms. The molecule has 1 aliphatic rings. The largest absolute Gasteiger partial charge is 0.478 e. The summed E-state index contributed by atoms with van der Waals surface area (Å²) in [4.78, 5) is 37.4. The number of fused-ring (bicyclic) bond motifs is 1. The molecule has 8 nitrogen and oxygen atoms in total. The Kier molecular flexibility index (Phi) is 7.34. The lowest BCUT2D eigenvalue weighted by molar-refractivity contribution is 0.0183. The van der Waals surface area contributed by atoms with Crippen molar-refractivity contribution >= 4 is 28.9 Å². The average Bonchev–Trinajstić information content (AvgIpc) is 2.86. The van der Waals surface area contributed by atoms with Crippen molar-refractivity contribution in [2.24, 2.45) is 0 Å². The first-order chi connectivity index (χ1) is 17.4. The number of carboxylic acid groups (broad SMARTS) is 1. The van der Waals surface area contributed by atoms with E-state index in [2.05, 4.69) is 4.90 Å². The first-order valence-corrected chi connectivity index (χ1v) is 12.4. The monoisotopic (exact) mass is 508 g/mol. The molecule has 1 aromatic heterocycles. The topological polar surface area (TPSA) is 95.9 Å². The van der Waals surface area contributed by atoms with Gasteiger partial charge in [-0.1, -0.05) is 0 Å². The number of anilines is 1. The first-order valence-electron chi connectivity index (χ1n) is 12.4. The molecular weight excluding hydrogens is 475 g/mol. The molecule has 1 fully saturated rings. The number of nitrogens with zero attached hydrogens (tertiary/aromatic N) is 4. The minimum atomic E-state index is -1.03. The lowest BCUT2D eigenvalue weighted by atomic mass is 9.89. The predicted octanol–water partition coefficient (Wildman–Crippen LogP) is 5.75. The molecule has 9 heteroatoms. The summed E-state index contributed by atoms with van der Waals surface area (Å²) in [7, 11) is 3.73. The summed E-state index contributed by atoms with van der Waals surface area (Å²) in [5.41, 5.74) is 1.95. The Balaban J connectivity index is 1.61. The van der Waals surface area contributed by atoms with Gasteiger partial charge < -0.3 is 19.6 Å². The smallest absolute Gasteiger partial charge is 0.410 e. The van der Waals surface area contributed by atoms with Crippen LogP contribution in [0.1, 0.15) is 56.8 Å². The van der Waals surface area contributed by atoms with Gasteiger partial charge in [0.05, 0.1) is 16.6 Å². The maximum atomic E-state index is 13.6. The third-order valence-corrected chi connectivity index (χ3v) is 6.79. The third kappa shape index (κ3) is 5.98. The lowest BCUT2D eigenvalue weighted by Gasteiger charge is -2.39. The molecule has 0 unspecified atom stereocenters. The number of aromatic carboxylic acids is 1. The van der Waals surface area contributed by atoms with Crippen molar-refractivity contribution in [1.29, 1.82) is 0 Å². The van der Waals surface area contributed by atoms with Crippen molar-refractivity contribution in [2.45, 2.75) is 64.1 Å². The first kappa shape index (κ1) is 26.3. The van der Waals surface area contributed by atoms with Crippen molar-refractivity contribution in [3.8, 4) is 11.3 Å². The molecule has 2 aromatic carbocycles. The molecule has 1 amide bonds. The average molecular weight is 509 g/mol. The van der Waals surface area contributed by atoms with Crippen LogP contribution in [0.25, 0.3) is 22.3 Å². The van der Waals surface area contributed by atoms with Crippen LogP contribution in [0.4, 0.5) is 15.0 Å². The molecule has 1 heterocycles. The number of carbonyl (C=O) groups excluding carboxylic acids is 1. The number of amides is 1. The number of rotatable bonds is 5. The van der Waals surface area contributed by atoms with Gasteiger partial charge in [-0.25, -0.2) is 23.9 Å². The molecule has 1 saturated carbocycles. The Hall–Kier alpha value is -3.75. The van der Waals surface area contributed by atoms with E-state index in [1.165, 1.54) is 24.3 Å². The molecule has 0 radical (unpaired) electrons. The van der Waals surface area contributed by atoms with Crippen LogP contribution in [0.15, 0.2) is 42.5 Å². The zero-order chi connectivity index (χ0) is 26.9. The highest BCUT2D eigenvalue weighted by atomic mass is 19.1. The van der Waals surface area contributed by atoms with Crippen molar-refractivity contribution in [3.05, 3.63) is 53.8 Å². The van der Waals surface area contributed by atoms with Gasteiger partial charge >= 0.3 is 12.1 Å². The molecule has 1 aliphatic carbocycles. The van der Waals surface area contributed by atoms with E-state index in [0.29, 0.717) is 22.5 Å². The Morgan fingerprint density at radius 1 is 0.946 bits per heavy atom. The molecule has 0 bridgehead atoms. The highest BCUT2D eigenvalue weighted by Crippen LogP contribution is 2.34. The van der Waals surface area contributed by atoms with Crippen molar-refractivity contribution < 1.29 is 23.8 Å². The van der Waals surface area contributed by atoms with Crippen LogP contribution < -0.4 is 4.90 Å². The van der Waals surface area contributed by atoms with E-state index in [1.54, 1.807) is 30.1 Å².